The van der Waals surface area contributed by atoms with Crippen molar-refractivity contribution >= 4 is 0 Å². The Hall–Kier alpha value is -0.820. The summed E-state index contributed by atoms with van der Waals surface area (Å²) in [5.41, 5.74) is 6.50. The third kappa shape index (κ3) is 7.07. The number of nitrogens with two attached hydrogens (primary N) is 1. The third-order valence-corrected chi connectivity index (χ3v) is 1.42. The molecular weight excluding hydrogens is 134 g/mol. The first-order valence-electron chi connectivity index (χ1n) is 3.98. The Balaban J connectivity index is 3.37. The van der Waals surface area contributed by atoms with Crippen molar-refractivity contribution in [2.24, 2.45) is 5.73 Å². The molecule has 0 aromatic heterocycles. The van der Waals surface area contributed by atoms with Gasteiger partial charge in [0, 0.05) is 0 Å². The van der Waals surface area contributed by atoms with E-state index in [1.807, 2.05) is 12.2 Å². The molecule has 0 rings (SSSR count). The van der Waals surface area contributed by atoms with Crippen LogP contribution in [0.4, 0.5) is 0 Å². The van der Waals surface area contributed by atoms with Gasteiger partial charge in [0.1, 0.15) is 0 Å². The molecule has 2 N–H and O–H groups in total. The molecule has 1 nitrogen and oxygen atoms in total. The molecule has 0 aromatic carbocycles. The molecule has 0 saturated heterocycles. The predicted molar refractivity (Wildman–Crippen MR) is 51.4 cm³/mol. The van der Waals surface area contributed by atoms with Crippen molar-refractivity contribution in [1.29, 1.82) is 0 Å². The summed E-state index contributed by atoms with van der Waals surface area (Å²) in [5, 5.41) is 0. The fraction of sp³-hybridized carbons (Fsp3) is 0.400. The monoisotopic (exact) mass is 151 g/mol. The van der Waals surface area contributed by atoms with Gasteiger partial charge in [-0.1, -0.05) is 37.0 Å². The topological polar surface area (TPSA) is 26.0 Å². The van der Waals surface area contributed by atoms with Crippen LogP contribution in [0.1, 0.15) is 19.3 Å². The molecule has 0 amide bonds. The van der Waals surface area contributed by atoms with Gasteiger partial charge < -0.3 is 5.73 Å². The zero-order chi connectivity index (χ0) is 8.53. The normalized spacial score (nSPS) is 10.3. The smallest absolute Gasteiger partial charge is 0.00772 e. The van der Waals surface area contributed by atoms with E-state index in [0.717, 1.165) is 31.4 Å². The standard InChI is InChI=1S/C10H17N/c1-3-4-7-10(2)8-5-6-9-11/h3-4,7H,1-2,5-6,8-9,11H2/b7-4-. The minimum Gasteiger partial charge on any atom is -0.330 e. The van der Waals surface area contributed by atoms with E-state index in [2.05, 4.69) is 13.2 Å². The quantitative estimate of drug-likeness (QED) is 0.458. The molecule has 62 valence electrons. The van der Waals surface area contributed by atoms with Gasteiger partial charge >= 0.3 is 0 Å². The molecule has 0 bridgehead atoms. The molecule has 0 fully saturated rings. The molecule has 0 spiro atoms. The van der Waals surface area contributed by atoms with Gasteiger partial charge in [-0.3, -0.25) is 0 Å². The van der Waals surface area contributed by atoms with Crippen LogP contribution >= 0.6 is 0 Å². The van der Waals surface area contributed by atoms with Crippen molar-refractivity contribution in [2.45, 2.75) is 19.3 Å². The SMILES string of the molecule is C=C/C=C\C(=C)CCCCN. The second-order valence-corrected chi connectivity index (χ2v) is 2.50. The zero-order valence-corrected chi connectivity index (χ0v) is 7.05. The highest BCUT2D eigenvalue weighted by atomic mass is 14.5. The van der Waals surface area contributed by atoms with E-state index in [1.165, 1.54) is 0 Å². The Morgan fingerprint density at radius 2 is 2.09 bits per heavy atom. The van der Waals surface area contributed by atoms with Gasteiger partial charge in [0.2, 0.25) is 0 Å². The average molecular weight is 151 g/mol. The van der Waals surface area contributed by atoms with E-state index < -0.39 is 0 Å². The van der Waals surface area contributed by atoms with Gasteiger partial charge in [-0.2, -0.15) is 0 Å². The molecule has 0 aliphatic carbocycles. The van der Waals surface area contributed by atoms with Crippen molar-refractivity contribution in [3.63, 3.8) is 0 Å². The van der Waals surface area contributed by atoms with E-state index in [4.69, 9.17) is 5.73 Å². The fourth-order valence-electron chi connectivity index (χ4n) is 0.784. The van der Waals surface area contributed by atoms with E-state index in [9.17, 15) is 0 Å². The summed E-state index contributed by atoms with van der Waals surface area (Å²) < 4.78 is 0. The molecule has 0 atom stereocenters. The first-order valence-corrected chi connectivity index (χ1v) is 3.98. The zero-order valence-electron chi connectivity index (χ0n) is 7.05. The van der Waals surface area contributed by atoms with Crippen molar-refractivity contribution in [3.8, 4) is 0 Å². The summed E-state index contributed by atoms with van der Waals surface area (Å²) in [6.07, 6.45) is 8.92. The Morgan fingerprint density at radius 1 is 1.36 bits per heavy atom. The van der Waals surface area contributed by atoms with Crippen molar-refractivity contribution in [3.05, 3.63) is 37.0 Å². The molecule has 0 aliphatic heterocycles. The second kappa shape index (κ2) is 7.29. The van der Waals surface area contributed by atoms with Gasteiger partial charge in [0.05, 0.1) is 0 Å². The minimum atomic E-state index is 0.776. The van der Waals surface area contributed by atoms with E-state index in [1.54, 1.807) is 6.08 Å². The van der Waals surface area contributed by atoms with Crippen LogP contribution in [0.5, 0.6) is 0 Å². The number of hydrogen-bond acceptors (Lipinski definition) is 1. The van der Waals surface area contributed by atoms with Crippen LogP contribution in [0.2, 0.25) is 0 Å². The lowest BCUT2D eigenvalue weighted by Crippen LogP contribution is -1.97. The summed E-state index contributed by atoms with van der Waals surface area (Å²) in [6, 6.07) is 0. The lowest BCUT2D eigenvalue weighted by molar-refractivity contribution is 0.748. The van der Waals surface area contributed by atoms with Crippen LogP contribution in [-0.4, -0.2) is 6.54 Å². The molecule has 0 radical (unpaired) electrons. The Bertz CT molecular complexity index is 145. The Labute approximate surface area is 69.3 Å². The number of allylic oxidation sites excluding steroid dienone is 4. The maximum atomic E-state index is 5.35. The second-order valence-electron chi connectivity index (χ2n) is 2.50. The highest BCUT2D eigenvalue weighted by Gasteiger charge is 1.87. The number of rotatable bonds is 6. The molecule has 0 unspecified atom stereocenters. The minimum absolute atomic E-state index is 0.776. The van der Waals surface area contributed by atoms with E-state index in [0.29, 0.717) is 0 Å². The molecule has 0 aromatic rings. The van der Waals surface area contributed by atoms with Crippen LogP contribution in [0.3, 0.4) is 0 Å². The average Bonchev–Trinajstić information content (AvgIpc) is 2.01. The number of unbranched alkanes of at least 4 members (excludes halogenated alkanes) is 1. The van der Waals surface area contributed by atoms with Crippen LogP contribution in [0.15, 0.2) is 37.0 Å². The van der Waals surface area contributed by atoms with Crippen LogP contribution in [-0.2, 0) is 0 Å². The fourth-order valence-corrected chi connectivity index (χ4v) is 0.784. The maximum absolute atomic E-state index is 5.35. The first kappa shape index (κ1) is 10.2. The van der Waals surface area contributed by atoms with Gasteiger partial charge in [-0.15, -0.1) is 0 Å². The highest BCUT2D eigenvalue weighted by molar-refractivity contribution is 5.17. The van der Waals surface area contributed by atoms with Crippen molar-refractivity contribution in [1.82, 2.24) is 0 Å². The molecule has 0 aliphatic rings. The van der Waals surface area contributed by atoms with Gasteiger partial charge in [0.25, 0.3) is 0 Å². The summed E-state index contributed by atoms with van der Waals surface area (Å²) >= 11 is 0. The van der Waals surface area contributed by atoms with Gasteiger partial charge in [-0.05, 0) is 25.8 Å². The molecule has 11 heavy (non-hydrogen) atoms. The van der Waals surface area contributed by atoms with E-state index >= 15 is 0 Å². The van der Waals surface area contributed by atoms with E-state index in [-0.39, 0.29) is 0 Å². The molecule has 0 heterocycles. The van der Waals surface area contributed by atoms with Gasteiger partial charge in [0.15, 0.2) is 0 Å². The highest BCUT2D eigenvalue weighted by Crippen LogP contribution is 2.05. The first-order chi connectivity index (χ1) is 5.31. The maximum Gasteiger partial charge on any atom is -0.00772 e. The van der Waals surface area contributed by atoms with Crippen LogP contribution in [0, 0.1) is 0 Å². The Morgan fingerprint density at radius 3 is 2.64 bits per heavy atom. The van der Waals surface area contributed by atoms with Crippen molar-refractivity contribution in [2.75, 3.05) is 6.54 Å². The summed E-state index contributed by atoms with van der Waals surface area (Å²) in [7, 11) is 0. The predicted octanol–water partition coefficient (Wildman–Crippen LogP) is 2.41. The van der Waals surface area contributed by atoms with Crippen LogP contribution < -0.4 is 5.73 Å². The lowest BCUT2D eigenvalue weighted by Gasteiger charge is -1.97. The third-order valence-electron chi connectivity index (χ3n) is 1.42. The molecule has 1 heteroatoms. The number of hydrogen-bond donors (Lipinski definition) is 1. The van der Waals surface area contributed by atoms with Crippen molar-refractivity contribution < 1.29 is 0 Å². The summed E-state index contributed by atoms with van der Waals surface area (Å²) in [5.74, 6) is 0. The van der Waals surface area contributed by atoms with Gasteiger partial charge in [-0.25, -0.2) is 0 Å². The lowest BCUT2D eigenvalue weighted by atomic mass is 10.1. The summed E-state index contributed by atoms with van der Waals surface area (Å²) in [4.78, 5) is 0. The van der Waals surface area contributed by atoms with Crippen LogP contribution in [0.25, 0.3) is 0 Å². The molecular formula is C10H17N. The molecule has 0 saturated carbocycles. The largest absolute Gasteiger partial charge is 0.330 e. The Kier molecular flexibility index (Phi) is 6.75. The summed E-state index contributed by atoms with van der Waals surface area (Å²) in [6.45, 7) is 8.25.